The van der Waals surface area contributed by atoms with E-state index in [2.05, 4.69) is 27.2 Å². The Labute approximate surface area is 143 Å². The number of nitrogens with zero attached hydrogens (tertiary/aromatic N) is 3. The van der Waals surface area contributed by atoms with Crippen molar-refractivity contribution >= 4 is 16.9 Å². The SMILES string of the molecule is NNc1ncnc2c1ccn2[C@@H]1O[C@H](C(O)C#CC2CC2)[C@@H](O)[C@H]1O. The maximum absolute atomic E-state index is 10.4. The molecule has 25 heavy (non-hydrogen) atoms. The van der Waals surface area contributed by atoms with Crippen molar-refractivity contribution in [1.82, 2.24) is 14.5 Å². The molecule has 2 fully saturated rings. The van der Waals surface area contributed by atoms with Gasteiger partial charge in [0, 0.05) is 12.1 Å². The minimum atomic E-state index is -1.26. The van der Waals surface area contributed by atoms with Crippen molar-refractivity contribution in [3.63, 3.8) is 0 Å². The van der Waals surface area contributed by atoms with Crippen LogP contribution in [0.25, 0.3) is 11.0 Å². The van der Waals surface area contributed by atoms with Gasteiger partial charge >= 0.3 is 0 Å². The first-order valence-electron chi connectivity index (χ1n) is 8.09. The summed E-state index contributed by atoms with van der Waals surface area (Å²) in [6.07, 6.45) is -0.523. The molecule has 0 bridgehead atoms. The molecule has 1 saturated carbocycles. The van der Waals surface area contributed by atoms with Gasteiger partial charge in [0.05, 0.1) is 5.39 Å². The highest BCUT2D eigenvalue weighted by atomic mass is 16.6. The number of aromatic nitrogens is 3. The maximum Gasteiger partial charge on any atom is 0.164 e. The number of ether oxygens (including phenoxy) is 1. The van der Waals surface area contributed by atoms with Crippen LogP contribution >= 0.6 is 0 Å². The molecule has 0 radical (unpaired) electrons. The highest BCUT2D eigenvalue weighted by molar-refractivity contribution is 5.87. The standard InChI is InChI=1S/C16H19N5O4/c17-20-14-9-5-6-21(15(9)19-7-18-14)16-12(24)11(23)13(25-16)10(22)4-3-8-1-2-8/h5-8,10-13,16,22-24H,1-2,17H2,(H,18,19,20)/t10?,11-,12+,13+,16+/m0/s1. The number of hydrogen-bond acceptors (Lipinski definition) is 8. The molecule has 132 valence electrons. The largest absolute Gasteiger partial charge is 0.387 e. The molecular formula is C16H19N5O4. The zero-order valence-corrected chi connectivity index (χ0v) is 13.3. The van der Waals surface area contributed by atoms with Crippen molar-refractivity contribution in [3.05, 3.63) is 18.6 Å². The summed E-state index contributed by atoms with van der Waals surface area (Å²) >= 11 is 0. The number of hydrazine groups is 1. The monoisotopic (exact) mass is 345 g/mol. The third-order valence-corrected chi connectivity index (χ3v) is 4.52. The van der Waals surface area contributed by atoms with Crippen LogP contribution in [0.15, 0.2) is 18.6 Å². The van der Waals surface area contributed by atoms with E-state index in [1.165, 1.54) is 6.33 Å². The summed E-state index contributed by atoms with van der Waals surface area (Å²) in [5, 5.41) is 31.5. The van der Waals surface area contributed by atoms with E-state index in [0.717, 1.165) is 12.8 Å². The van der Waals surface area contributed by atoms with E-state index in [1.54, 1.807) is 16.8 Å². The van der Waals surface area contributed by atoms with Gasteiger partial charge in [-0.1, -0.05) is 11.8 Å². The normalized spacial score (nSPS) is 30.1. The summed E-state index contributed by atoms with van der Waals surface area (Å²) in [7, 11) is 0. The summed E-state index contributed by atoms with van der Waals surface area (Å²) < 4.78 is 7.30. The van der Waals surface area contributed by atoms with Gasteiger partial charge < -0.3 is 30.0 Å². The van der Waals surface area contributed by atoms with Gasteiger partial charge in [-0.15, -0.1) is 0 Å². The van der Waals surface area contributed by atoms with Gasteiger partial charge in [-0.3, -0.25) is 0 Å². The molecule has 0 spiro atoms. The first-order chi connectivity index (χ1) is 12.1. The van der Waals surface area contributed by atoms with Crippen molar-refractivity contribution < 1.29 is 20.1 Å². The van der Waals surface area contributed by atoms with E-state index in [1.807, 2.05) is 0 Å². The van der Waals surface area contributed by atoms with Crippen molar-refractivity contribution in [1.29, 1.82) is 0 Å². The van der Waals surface area contributed by atoms with Gasteiger partial charge in [0.15, 0.2) is 12.0 Å². The van der Waals surface area contributed by atoms with E-state index in [0.29, 0.717) is 22.8 Å². The van der Waals surface area contributed by atoms with E-state index in [4.69, 9.17) is 10.6 Å². The zero-order chi connectivity index (χ0) is 17.6. The molecule has 1 saturated heterocycles. The fourth-order valence-corrected chi connectivity index (χ4v) is 2.98. The first-order valence-corrected chi connectivity index (χ1v) is 8.09. The van der Waals surface area contributed by atoms with Gasteiger partial charge in [-0.2, -0.15) is 0 Å². The number of aliphatic hydroxyl groups excluding tert-OH is 3. The fraction of sp³-hybridized carbons (Fsp3) is 0.500. The second kappa shape index (κ2) is 6.25. The van der Waals surface area contributed by atoms with Gasteiger partial charge in [-0.05, 0) is 18.9 Å². The van der Waals surface area contributed by atoms with Crippen LogP contribution in [0.1, 0.15) is 19.1 Å². The Bertz CT molecular complexity index is 840. The molecule has 4 rings (SSSR count). The molecule has 9 heteroatoms. The van der Waals surface area contributed by atoms with E-state index in [-0.39, 0.29) is 0 Å². The lowest BCUT2D eigenvalue weighted by Crippen LogP contribution is -2.38. The highest BCUT2D eigenvalue weighted by Crippen LogP contribution is 2.34. The molecule has 1 unspecified atom stereocenters. The van der Waals surface area contributed by atoms with Crippen molar-refractivity contribution in [2.45, 2.75) is 43.5 Å². The fourth-order valence-electron chi connectivity index (χ4n) is 2.98. The van der Waals surface area contributed by atoms with Gasteiger partial charge in [-0.25, -0.2) is 15.8 Å². The van der Waals surface area contributed by atoms with E-state index < -0.39 is 30.6 Å². The summed E-state index contributed by atoms with van der Waals surface area (Å²) in [6.45, 7) is 0. The lowest BCUT2D eigenvalue weighted by atomic mass is 10.1. The lowest BCUT2D eigenvalue weighted by molar-refractivity contribution is -0.0672. The van der Waals surface area contributed by atoms with Crippen LogP contribution in [0.2, 0.25) is 0 Å². The number of nitrogens with one attached hydrogen (secondary N) is 1. The average molecular weight is 345 g/mol. The number of anilines is 1. The number of nitrogens with two attached hydrogens (primary N) is 1. The molecule has 2 aliphatic rings. The highest BCUT2D eigenvalue weighted by Gasteiger charge is 2.47. The number of nitrogen functional groups attached to an aromatic ring is 1. The third kappa shape index (κ3) is 2.84. The molecule has 2 aromatic heterocycles. The Morgan fingerprint density at radius 1 is 1.32 bits per heavy atom. The minimum Gasteiger partial charge on any atom is -0.387 e. The van der Waals surface area contributed by atoms with Gasteiger partial charge in [0.2, 0.25) is 0 Å². The van der Waals surface area contributed by atoms with E-state index >= 15 is 0 Å². The number of rotatable bonds is 3. The van der Waals surface area contributed by atoms with E-state index in [9.17, 15) is 15.3 Å². The van der Waals surface area contributed by atoms with Crippen LogP contribution in [0.3, 0.4) is 0 Å². The second-order valence-corrected chi connectivity index (χ2v) is 6.31. The first kappa shape index (κ1) is 16.3. The smallest absolute Gasteiger partial charge is 0.164 e. The molecule has 1 aliphatic carbocycles. The third-order valence-electron chi connectivity index (χ3n) is 4.52. The van der Waals surface area contributed by atoms with Crippen LogP contribution in [0, 0.1) is 17.8 Å². The summed E-state index contributed by atoms with van der Waals surface area (Å²) in [4.78, 5) is 8.20. The lowest BCUT2D eigenvalue weighted by Gasteiger charge is -2.17. The summed E-state index contributed by atoms with van der Waals surface area (Å²) in [5.74, 6) is 11.8. The molecular weight excluding hydrogens is 326 g/mol. The molecule has 0 aromatic carbocycles. The molecule has 2 aromatic rings. The van der Waals surface area contributed by atoms with Crippen molar-refractivity contribution in [2.24, 2.45) is 11.8 Å². The Morgan fingerprint density at radius 2 is 2.12 bits per heavy atom. The minimum absolute atomic E-state index is 0.321. The van der Waals surface area contributed by atoms with Gasteiger partial charge in [0.25, 0.3) is 0 Å². The van der Waals surface area contributed by atoms with Crippen LogP contribution in [0.5, 0.6) is 0 Å². The molecule has 1 aliphatic heterocycles. The molecule has 0 amide bonds. The van der Waals surface area contributed by atoms with Crippen LogP contribution in [-0.2, 0) is 4.74 Å². The van der Waals surface area contributed by atoms with Crippen molar-refractivity contribution in [2.75, 3.05) is 5.43 Å². The second-order valence-electron chi connectivity index (χ2n) is 6.31. The number of aliphatic hydroxyl groups is 3. The van der Waals surface area contributed by atoms with Gasteiger partial charge in [0.1, 0.15) is 36.4 Å². The topological polar surface area (TPSA) is 139 Å². The van der Waals surface area contributed by atoms with Crippen LogP contribution < -0.4 is 11.3 Å². The predicted molar refractivity (Wildman–Crippen MR) is 87.8 cm³/mol. The number of fused-ring (bicyclic) bond motifs is 1. The average Bonchev–Trinajstić information content (AvgIpc) is 3.29. The summed E-state index contributed by atoms with van der Waals surface area (Å²) in [6, 6.07) is 1.73. The Balaban J connectivity index is 1.62. The predicted octanol–water partition coefficient (Wildman–Crippen LogP) is -0.890. The molecule has 9 nitrogen and oxygen atoms in total. The Hall–Kier alpha value is -2.22. The number of hydrogen-bond donors (Lipinski definition) is 5. The van der Waals surface area contributed by atoms with Crippen LogP contribution in [-0.4, -0.2) is 54.3 Å². The zero-order valence-electron chi connectivity index (χ0n) is 13.3. The van der Waals surface area contributed by atoms with Crippen LogP contribution in [0.4, 0.5) is 5.82 Å². The van der Waals surface area contributed by atoms with Crippen molar-refractivity contribution in [3.8, 4) is 11.8 Å². The summed E-state index contributed by atoms with van der Waals surface area (Å²) in [5.41, 5.74) is 2.96. The molecule has 3 heterocycles. The Morgan fingerprint density at radius 3 is 2.84 bits per heavy atom. The molecule has 5 atom stereocenters. The maximum atomic E-state index is 10.4. The molecule has 6 N–H and O–H groups in total. The Kier molecular flexibility index (Phi) is 4.07. The quantitative estimate of drug-likeness (QED) is 0.274.